The third-order valence-corrected chi connectivity index (χ3v) is 4.59. The average molecular weight is 415 g/mol. The van der Waals surface area contributed by atoms with Gasteiger partial charge in [-0.3, -0.25) is 9.48 Å². The van der Waals surface area contributed by atoms with E-state index in [1.54, 1.807) is 34.8 Å². The number of benzene rings is 1. The fourth-order valence-electron chi connectivity index (χ4n) is 2.31. The summed E-state index contributed by atoms with van der Waals surface area (Å²) in [6.07, 6.45) is 3.09. The number of aromatic nitrogens is 2. The first-order chi connectivity index (χ1) is 11.3. The van der Waals surface area contributed by atoms with Gasteiger partial charge in [0.05, 0.1) is 5.69 Å². The molecule has 0 aliphatic rings. The number of carbonyl (C=O) groups excluding carboxylic acids is 1. The number of halogens is 3. The molecular formula is C17H18BrClFN3O. The molecule has 2 aromatic rings. The summed E-state index contributed by atoms with van der Waals surface area (Å²) in [6.45, 7) is 4.34. The van der Waals surface area contributed by atoms with Crippen LogP contribution in [0.5, 0.6) is 0 Å². The number of hydrogen-bond acceptors (Lipinski definition) is 2. The van der Waals surface area contributed by atoms with Crippen molar-refractivity contribution in [3.63, 3.8) is 0 Å². The van der Waals surface area contributed by atoms with Crippen molar-refractivity contribution in [2.45, 2.75) is 20.4 Å². The molecule has 2 rings (SSSR count). The lowest BCUT2D eigenvalue weighted by Gasteiger charge is -2.19. The van der Waals surface area contributed by atoms with Crippen LogP contribution in [0.4, 0.5) is 4.39 Å². The van der Waals surface area contributed by atoms with Crippen LogP contribution in [0.2, 0.25) is 5.15 Å². The van der Waals surface area contributed by atoms with Crippen LogP contribution >= 0.6 is 27.5 Å². The smallest absolute Gasteiger partial charge is 0.246 e. The lowest BCUT2D eigenvalue weighted by atomic mass is 10.2. The number of rotatable bonds is 5. The summed E-state index contributed by atoms with van der Waals surface area (Å²) in [4.78, 5) is 14.0. The van der Waals surface area contributed by atoms with E-state index in [0.29, 0.717) is 22.8 Å². The molecule has 1 heterocycles. The van der Waals surface area contributed by atoms with Crippen LogP contribution in [0.3, 0.4) is 0 Å². The van der Waals surface area contributed by atoms with Crippen molar-refractivity contribution >= 4 is 39.5 Å². The summed E-state index contributed by atoms with van der Waals surface area (Å²) in [5, 5.41) is 4.67. The van der Waals surface area contributed by atoms with Crippen LogP contribution in [0.1, 0.15) is 23.7 Å². The second-order valence-corrected chi connectivity index (χ2v) is 6.61. The molecule has 7 heteroatoms. The number of likely N-dealkylation sites (N-methyl/N-ethyl adjacent to an activating group) is 1. The Kier molecular flexibility index (Phi) is 6.18. The van der Waals surface area contributed by atoms with E-state index >= 15 is 0 Å². The van der Waals surface area contributed by atoms with Crippen molar-refractivity contribution in [2.75, 3.05) is 6.54 Å². The quantitative estimate of drug-likeness (QED) is 0.682. The van der Waals surface area contributed by atoms with E-state index in [-0.39, 0.29) is 18.3 Å². The maximum Gasteiger partial charge on any atom is 0.246 e. The van der Waals surface area contributed by atoms with E-state index in [9.17, 15) is 9.18 Å². The molecule has 0 aliphatic heterocycles. The van der Waals surface area contributed by atoms with Crippen molar-refractivity contribution < 1.29 is 9.18 Å². The van der Waals surface area contributed by atoms with E-state index in [1.807, 2.05) is 13.8 Å². The van der Waals surface area contributed by atoms with E-state index in [4.69, 9.17) is 11.6 Å². The number of carbonyl (C=O) groups is 1. The predicted octanol–water partition coefficient (Wildman–Crippen LogP) is 4.35. The van der Waals surface area contributed by atoms with Crippen molar-refractivity contribution in [3.05, 3.63) is 56.5 Å². The van der Waals surface area contributed by atoms with Gasteiger partial charge in [-0.15, -0.1) is 0 Å². The maximum atomic E-state index is 13.9. The largest absolute Gasteiger partial charge is 0.335 e. The lowest BCUT2D eigenvalue weighted by molar-refractivity contribution is -0.126. The standard InChI is InChI=1S/C17H18BrClFN3O/c1-4-23(10-12-9-13(18)5-7-15(12)20)16(24)8-6-14-11(2)21-22(3)17(14)19/h5-9H,4,10H2,1-3H3/b8-6+. The van der Waals surface area contributed by atoms with Crippen molar-refractivity contribution in [1.29, 1.82) is 0 Å². The molecule has 0 fully saturated rings. The minimum absolute atomic E-state index is 0.199. The van der Waals surface area contributed by atoms with Gasteiger partial charge in [0.15, 0.2) is 0 Å². The molecule has 0 aliphatic carbocycles. The normalized spacial score (nSPS) is 11.2. The molecule has 0 saturated carbocycles. The summed E-state index contributed by atoms with van der Waals surface area (Å²) in [6, 6.07) is 4.69. The van der Waals surface area contributed by atoms with Crippen LogP contribution in [-0.2, 0) is 18.4 Å². The van der Waals surface area contributed by atoms with Crippen LogP contribution in [0.25, 0.3) is 6.08 Å². The molecule has 0 unspecified atom stereocenters. The molecule has 128 valence electrons. The predicted molar refractivity (Wildman–Crippen MR) is 97.2 cm³/mol. The third kappa shape index (κ3) is 4.24. The zero-order chi connectivity index (χ0) is 17.9. The fourth-order valence-corrected chi connectivity index (χ4v) is 2.96. The van der Waals surface area contributed by atoms with Crippen LogP contribution in [-0.4, -0.2) is 27.1 Å². The van der Waals surface area contributed by atoms with Gasteiger partial charge in [-0.1, -0.05) is 27.5 Å². The summed E-state index contributed by atoms with van der Waals surface area (Å²) in [5.41, 5.74) is 1.91. The number of aryl methyl sites for hydroxylation is 2. The second-order valence-electron chi connectivity index (χ2n) is 5.33. The zero-order valence-electron chi connectivity index (χ0n) is 13.7. The van der Waals surface area contributed by atoms with Gasteiger partial charge in [0, 0.05) is 41.8 Å². The van der Waals surface area contributed by atoms with Gasteiger partial charge in [-0.25, -0.2) is 4.39 Å². The van der Waals surface area contributed by atoms with Crippen LogP contribution < -0.4 is 0 Å². The molecule has 0 atom stereocenters. The highest BCUT2D eigenvalue weighted by molar-refractivity contribution is 9.10. The van der Waals surface area contributed by atoms with Crippen molar-refractivity contribution in [2.24, 2.45) is 7.05 Å². The Labute approximate surface area is 154 Å². The van der Waals surface area contributed by atoms with Crippen molar-refractivity contribution in [3.8, 4) is 0 Å². The molecule has 4 nitrogen and oxygen atoms in total. The number of nitrogens with zero attached hydrogens (tertiary/aromatic N) is 3. The molecule has 0 spiro atoms. The zero-order valence-corrected chi connectivity index (χ0v) is 16.0. The molecule has 0 bridgehead atoms. The van der Waals surface area contributed by atoms with E-state index < -0.39 is 0 Å². The Balaban J connectivity index is 2.17. The van der Waals surface area contributed by atoms with Gasteiger partial charge in [0.25, 0.3) is 0 Å². The van der Waals surface area contributed by atoms with Gasteiger partial charge in [-0.2, -0.15) is 5.10 Å². The highest BCUT2D eigenvalue weighted by Crippen LogP contribution is 2.21. The van der Waals surface area contributed by atoms with Gasteiger partial charge in [-0.05, 0) is 38.1 Å². The van der Waals surface area contributed by atoms with Gasteiger partial charge < -0.3 is 4.90 Å². The first kappa shape index (κ1) is 18.7. The lowest BCUT2D eigenvalue weighted by Crippen LogP contribution is -2.29. The van der Waals surface area contributed by atoms with E-state index in [0.717, 1.165) is 10.2 Å². The molecule has 0 radical (unpaired) electrons. The van der Waals surface area contributed by atoms with E-state index in [2.05, 4.69) is 21.0 Å². The van der Waals surface area contributed by atoms with Gasteiger partial charge >= 0.3 is 0 Å². The second kappa shape index (κ2) is 7.94. The molecule has 1 aromatic heterocycles. The number of amides is 1. The maximum absolute atomic E-state index is 13.9. The van der Waals surface area contributed by atoms with Gasteiger partial charge in [0.2, 0.25) is 5.91 Å². The monoisotopic (exact) mass is 413 g/mol. The first-order valence-corrected chi connectivity index (χ1v) is 8.60. The molecule has 0 N–H and O–H groups in total. The molecule has 1 aromatic carbocycles. The summed E-state index contributed by atoms with van der Waals surface area (Å²) >= 11 is 9.47. The Morgan fingerprint density at radius 3 is 2.79 bits per heavy atom. The molecule has 0 saturated heterocycles. The number of hydrogen-bond donors (Lipinski definition) is 0. The molecular weight excluding hydrogens is 397 g/mol. The highest BCUT2D eigenvalue weighted by atomic mass is 79.9. The average Bonchev–Trinajstić information content (AvgIpc) is 2.78. The molecule has 24 heavy (non-hydrogen) atoms. The third-order valence-electron chi connectivity index (χ3n) is 3.65. The van der Waals surface area contributed by atoms with Crippen LogP contribution in [0.15, 0.2) is 28.7 Å². The topological polar surface area (TPSA) is 38.1 Å². The minimum atomic E-state index is -0.334. The molecule has 1 amide bonds. The Morgan fingerprint density at radius 1 is 1.50 bits per heavy atom. The summed E-state index contributed by atoms with van der Waals surface area (Å²) < 4.78 is 16.2. The highest BCUT2D eigenvalue weighted by Gasteiger charge is 2.14. The SMILES string of the molecule is CCN(Cc1cc(Br)ccc1F)C(=O)/C=C/c1c(C)nn(C)c1Cl. The minimum Gasteiger partial charge on any atom is -0.335 e. The van der Waals surface area contributed by atoms with E-state index in [1.165, 1.54) is 12.1 Å². The fraction of sp³-hybridized carbons (Fsp3) is 0.294. The summed E-state index contributed by atoms with van der Waals surface area (Å²) in [5.74, 6) is -0.546. The summed E-state index contributed by atoms with van der Waals surface area (Å²) in [7, 11) is 1.74. The van der Waals surface area contributed by atoms with Crippen LogP contribution in [0, 0.1) is 12.7 Å². The Morgan fingerprint density at radius 2 is 2.21 bits per heavy atom. The Hall–Kier alpha value is -1.66. The Bertz CT molecular complexity index is 788. The first-order valence-electron chi connectivity index (χ1n) is 7.43. The van der Waals surface area contributed by atoms with Gasteiger partial charge in [0.1, 0.15) is 11.0 Å². The van der Waals surface area contributed by atoms with Crippen molar-refractivity contribution in [1.82, 2.24) is 14.7 Å².